The Labute approximate surface area is 165 Å². The maximum atomic E-state index is 12.3. The van der Waals surface area contributed by atoms with Gasteiger partial charge in [-0.3, -0.25) is 4.79 Å². The Morgan fingerprint density at radius 2 is 2.00 bits per heavy atom. The molecule has 0 aromatic carbocycles. The smallest absolute Gasteiger partial charge is 0.410 e. The summed E-state index contributed by atoms with van der Waals surface area (Å²) in [4.78, 5) is 30.2. The van der Waals surface area contributed by atoms with E-state index in [0.29, 0.717) is 36.9 Å². The quantitative estimate of drug-likeness (QED) is 0.652. The van der Waals surface area contributed by atoms with Crippen LogP contribution in [0.2, 0.25) is 0 Å². The first kappa shape index (κ1) is 20.2. The Morgan fingerprint density at radius 3 is 2.64 bits per heavy atom. The van der Waals surface area contributed by atoms with Crippen molar-refractivity contribution in [1.82, 2.24) is 9.88 Å². The monoisotopic (exact) mass is 388 g/mol. The standard InChI is InChI=1S/C21H28N2O5/c1-21(2,3)28-20(25)23-11-9-15(10-12-23)6-4-7-16(24)19-22-14-18(27-19)17-8-5-13-26-17/h5,8,13-15H,4,6-7,9-12H2,1-3H3. The molecule has 1 fully saturated rings. The largest absolute Gasteiger partial charge is 0.461 e. The van der Waals surface area contributed by atoms with E-state index >= 15 is 0 Å². The molecule has 1 amide bonds. The van der Waals surface area contributed by atoms with Crippen molar-refractivity contribution in [3.63, 3.8) is 0 Å². The van der Waals surface area contributed by atoms with Gasteiger partial charge in [0.05, 0.1) is 12.5 Å². The molecule has 2 aromatic heterocycles. The molecule has 3 heterocycles. The van der Waals surface area contributed by atoms with E-state index in [1.807, 2.05) is 20.8 Å². The second-order valence-electron chi connectivity index (χ2n) is 8.23. The molecule has 28 heavy (non-hydrogen) atoms. The summed E-state index contributed by atoms with van der Waals surface area (Å²) in [7, 11) is 0. The van der Waals surface area contributed by atoms with Gasteiger partial charge in [-0.2, -0.15) is 0 Å². The third kappa shape index (κ3) is 5.47. The lowest BCUT2D eigenvalue weighted by Crippen LogP contribution is -2.41. The number of oxazole rings is 1. The van der Waals surface area contributed by atoms with E-state index in [1.54, 1.807) is 23.3 Å². The van der Waals surface area contributed by atoms with Crippen molar-refractivity contribution in [3.8, 4) is 11.5 Å². The van der Waals surface area contributed by atoms with Gasteiger partial charge in [0.1, 0.15) is 5.60 Å². The molecule has 0 bridgehead atoms. The molecule has 0 saturated carbocycles. The van der Waals surface area contributed by atoms with Crippen LogP contribution < -0.4 is 0 Å². The Bertz CT molecular complexity index is 780. The molecule has 1 aliphatic rings. The Balaban J connectivity index is 1.38. The minimum Gasteiger partial charge on any atom is -0.461 e. The highest BCUT2D eigenvalue weighted by Gasteiger charge is 2.27. The van der Waals surface area contributed by atoms with Crippen LogP contribution in [0.25, 0.3) is 11.5 Å². The minimum atomic E-state index is -0.467. The highest BCUT2D eigenvalue weighted by molar-refractivity contribution is 5.91. The SMILES string of the molecule is CC(C)(C)OC(=O)N1CCC(CCCC(=O)c2ncc(-c3ccco3)o2)CC1. The molecule has 0 unspecified atom stereocenters. The second kappa shape index (κ2) is 8.63. The average Bonchev–Trinajstić information content (AvgIpc) is 3.32. The highest BCUT2D eigenvalue weighted by Crippen LogP contribution is 2.25. The van der Waals surface area contributed by atoms with Gasteiger partial charge >= 0.3 is 6.09 Å². The number of likely N-dealkylation sites (tertiary alicyclic amines) is 1. The summed E-state index contributed by atoms with van der Waals surface area (Å²) in [5.41, 5.74) is -0.467. The predicted octanol–water partition coefficient (Wildman–Crippen LogP) is 4.93. The minimum absolute atomic E-state index is 0.0935. The number of hydrogen-bond acceptors (Lipinski definition) is 6. The van der Waals surface area contributed by atoms with E-state index in [9.17, 15) is 9.59 Å². The molecule has 7 heteroatoms. The van der Waals surface area contributed by atoms with Gasteiger partial charge in [0.25, 0.3) is 5.89 Å². The van der Waals surface area contributed by atoms with Crippen LogP contribution >= 0.6 is 0 Å². The zero-order valence-electron chi connectivity index (χ0n) is 16.8. The number of hydrogen-bond donors (Lipinski definition) is 0. The molecule has 0 aliphatic carbocycles. The fourth-order valence-corrected chi connectivity index (χ4v) is 3.32. The van der Waals surface area contributed by atoms with Gasteiger partial charge in [-0.15, -0.1) is 0 Å². The number of piperidine rings is 1. The Kier molecular flexibility index (Phi) is 6.21. The third-order valence-electron chi connectivity index (χ3n) is 4.79. The van der Waals surface area contributed by atoms with Crippen LogP contribution in [0, 0.1) is 5.92 Å². The third-order valence-corrected chi connectivity index (χ3v) is 4.79. The Morgan fingerprint density at radius 1 is 1.25 bits per heavy atom. The van der Waals surface area contributed by atoms with E-state index in [-0.39, 0.29) is 17.8 Å². The lowest BCUT2D eigenvalue weighted by Gasteiger charge is -2.33. The number of aromatic nitrogens is 1. The fourth-order valence-electron chi connectivity index (χ4n) is 3.32. The second-order valence-corrected chi connectivity index (χ2v) is 8.23. The van der Waals surface area contributed by atoms with Crippen LogP contribution in [-0.2, 0) is 4.74 Å². The molecule has 0 atom stereocenters. The average molecular weight is 388 g/mol. The zero-order chi connectivity index (χ0) is 20.1. The number of carbonyl (C=O) groups excluding carboxylic acids is 2. The molecule has 1 saturated heterocycles. The predicted molar refractivity (Wildman–Crippen MR) is 103 cm³/mol. The topological polar surface area (TPSA) is 85.8 Å². The van der Waals surface area contributed by atoms with Gasteiger partial charge in [0, 0.05) is 19.5 Å². The summed E-state index contributed by atoms with van der Waals surface area (Å²) >= 11 is 0. The molecular formula is C21H28N2O5. The van der Waals surface area contributed by atoms with Crippen molar-refractivity contribution in [3.05, 3.63) is 30.5 Å². The van der Waals surface area contributed by atoms with E-state index in [1.165, 1.54) is 6.20 Å². The van der Waals surface area contributed by atoms with E-state index < -0.39 is 5.60 Å². The summed E-state index contributed by atoms with van der Waals surface area (Å²) in [6.07, 6.45) is 6.85. The zero-order valence-corrected chi connectivity index (χ0v) is 16.8. The normalized spacial score (nSPS) is 15.6. The molecule has 0 N–H and O–H groups in total. The van der Waals surface area contributed by atoms with Gasteiger partial charge in [0.15, 0.2) is 11.5 Å². The number of amides is 1. The van der Waals surface area contributed by atoms with Crippen molar-refractivity contribution < 1.29 is 23.2 Å². The number of rotatable bonds is 6. The van der Waals surface area contributed by atoms with Gasteiger partial charge in [-0.25, -0.2) is 9.78 Å². The fraction of sp³-hybridized carbons (Fsp3) is 0.571. The number of nitrogens with zero attached hydrogens (tertiary/aromatic N) is 2. The number of ketones is 1. The van der Waals surface area contributed by atoms with Gasteiger partial charge in [-0.05, 0) is 64.5 Å². The molecule has 0 radical (unpaired) electrons. The summed E-state index contributed by atoms with van der Waals surface area (Å²) < 4.78 is 16.2. The summed E-state index contributed by atoms with van der Waals surface area (Å²) in [5, 5.41) is 0. The first-order chi connectivity index (χ1) is 13.3. The van der Waals surface area contributed by atoms with Crippen molar-refractivity contribution in [1.29, 1.82) is 0 Å². The van der Waals surface area contributed by atoms with Crippen molar-refractivity contribution in [2.45, 2.75) is 58.5 Å². The summed E-state index contributed by atoms with van der Waals surface area (Å²) in [5.74, 6) is 1.58. The molecule has 3 rings (SSSR count). The van der Waals surface area contributed by atoms with E-state index in [0.717, 1.165) is 25.7 Å². The van der Waals surface area contributed by atoms with Crippen LogP contribution in [0.15, 0.2) is 33.4 Å². The Hall–Kier alpha value is -2.57. The lowest BCUT2D eigenvalue weighted by molar-refractivity contribution is 0.0181. The summed E-state index contributed by atoms with van der Waals surface area (Å²) in [6.45, 7) is 7.04. The van der Waals surface area contributed by atoms with Crippen molar-refractivity contribution in [2.24, 2.45) is 5.92 Å². The van der Waals surface area contributed by atoms with Gasteiger partial charge < -0.3 is 18.5 Å². The number of furan rings is 1. The molecule has 7 nitrogen and oxygen atoms in total. The van der Waals surface area contributed by atoms with Crippen LogP contribution in [-0.4, -0.2) is 40.5 Å². The van der Waals surface area contributed by atoms with Crippen LogP contribution in [0.1, 0.15) is 63.6 Å². The van der Waals surface area contributed by atoms with Crippen molar-refractivity contribution >= 4 is 11.9 Å². The molecule has 2 aromatic rings. The van der Waals surface area contributed by atoms with Crippen LogP contribution in [0.3, 0.4) is 0 Å². The molecule has 1 aliphatic heterocycles. The highest BCUT2D eigenvalue weighted by atomic mass is 16.6. The maximum absolute atomic E-state index is 12.3. The van der Waals surface area contributed by atoms with Crippen LogP contribution in [0.5, 0.6) is 0 Å². The van der Waals surface area contributed by atoms with E-state index in [2.05, 4.69) is 4.98 Å². The van der Waals surface area contributed by atoms with Crippen LogP contribution in [0.4, 0.5) is 4.79 Å². The van der Waals surface area contributed by atoms with Crippen molar-refractivity contribution in [2.75, 3.05) is 13.1 Å². The summed E-state index contributed by atoms with van der Waals surface area (Å²) in [6, 6.07) is 3.52. The van der Waals surface area contributed by atoms with Gasteiger partial charge in [0.2, 0.25) is 5.78 Å². The first-order valence-electron chi connectivity index (χ1n) is 9.82. The number of carbonyl (C=O) groups is 2. The number of Topliss-reactive ketones (excluding diaryl/α,β-unsaturated/α-hetero) is 1. The molecule has 0 spiro atoms. The molecular weight excluding hydrogens is 360 g/mol. The number of ether oxygens (including phenoxy) is 1. The first-order valence-corrected chi connectivity index (χ1v) is 9.82. The lowest BCUT2D eigenvalue weighted by atomic mass is 9.91. The van der Waals surface area contributed by atoms with Gasteiger partial charge in [-0.1, -0.05) is 0 Å². The van der Waals surface area contributed by atoms with E-state index in [4.69, 9.17) is 13.6 Å². The maximum Gasteiger partial charge on any atom is 0.410 e. The molecule has 152 valence electrons.